The van der Waals surface area contributed by atoms with E-state index in [4.69, 9.17) is 13.9 Å². The summed E-state index contributed by atoms with van der Waals surface area (Å²) in [6.07, 6.45) is 0. The Labute approximate surface area is 120 Å². The normalized spacial score (nSPS) is 12.8. The summed E-state index contributed by atoms with van der Waals surface area (Å²) in [4.78, 5) is 12.5. The van der Waals surface area contributed by atoms with E-state index in [2.05, 4.69) is 0 Å². The minimum atomic E-state index is -0.163. The van der Waals surface area contributed by atoms with E-state index in [1.807, 2.05) is 25.1 Å². The standard InChI is InChI=1S/C17H12O4/c1-10-3-2-4-12-8-15(21-17(10)12)16(18)11-5-6-13-14(7-11)20-9-19-13/h2-8H,9H2,1H3. The second kappa shape index (κ2) is 4.38. The van der Waals surface area contributed by atoms with Crippen LogP contribution in [0.5, 0.6) is 11.5 Å². The van der Waals surface area contributed by atoms with Gasteiger partial charge in [0.2, 0.25) is 12.6 Å². The van der Waals surface area contributed by atoms with Crippen LogP contribution in [0.15, 0.2) is 46.9 Å². The third kappa shape index (κ3) is 1.88. The van der Waals surface area contributed by atoms with E-state index in [1.54, 1.807) is 24.3 Å². The van der Waals surface area contributed by atoms with E-state index in [1.165, 1.54) is 0 Å². The van der Waals surface area contributed by atoms with Gasteiger partial charge in [-0.1, -0.05) is 18.2 Å². The number of para-hydroxylation sites is 1. The molecule has 0 aliphatic carbocycles. The van der Waals surface area contributed by atoms with E-state index in [0.29, 0.717) is 22.8 Å². The van der Waals surface area contributed by atoms with Gasteiger partial charge in [-0.25, -0.2) is 0 Å². The van der Waals surface area contributed by atoms with Crippen LogP contribution in [0.3, 0.4) is 0 Å². The number of ketones is 1. The molecule has 0 amide bonds. The van der Waals surface area contributed by atoms with Crippen molar-refractivity contribution in [3.8, 4) is 11.5 Å². The van der Waals surface area contributed by atoms with Crippen LogP contribution >= 0.6 is 0 Å². The van der Waals surface area contributed by atoms with Crippen molar-refractivity contribution in [3.05, 3.63) is 59.4 Å². The predicted molar refractivity (Wildman–Crippen MR) is 76.9 cm³/mol. The highest BCUT2D eigenvalue weighted by Gasteiger charge is 2.19. The SMILES string of the molecule is Cc1cccc2cc(C(=O)c3ccc4c(c3)OCO4)oc12. The summed E-state index contributed by atoms with van der Waals surface area (Å²) >= 11 is 0. The molecule has 0 bridgehead atoms. The van der Waals surface area contributed by atoms with Crippen molar-refractivity contribution in [2.45, 2.75) is 6.92 Å². The first-order valence-electron chi connectivity index (χ1n) is 6.66. The first-order valence-corrected chi connectivity index (χ1v) is 6.66. The number of aryl methyl sites for hydroxylation is 1. The minimum absolute atomic E-state index is 0.163. The Morgan fingerprint density at radius 3 is 2.76 bits per heavy atom. The van der Waals surface area contributed by atoms with E-state index < -0.39 is 0 Å². The molecule has 1 aliphatic rings. The second-order valence-corrected chi connectivity index (χ2v) is 5.00. The number of hydrogen-bond donors (Lipinski definition) is 0. The molecular weight excluding hydrogens is 268 g/mol. The van der Waals surface area contributed by atoms with Gasteiger partial charge in [0, 0.05) is 10.9 Å². The molecule has 4 nitrogen and oxygen atoms in total. The predicted octanol–water partition coefficient (Wildman–Crippen LogP) is 3.70. The number of carbonyl (C=O) groups excluding carboxylic acids is 1. The fraction of sp³-hybridized carbons (Fsp3) is 0.118. The maximum absolute atomic E-state index is 12.5. The van der Waals surface area contributed by atoms with Crippen molar-refractivity contribution in [1.29, 1.82) is 0 Å². The van der Waals surface area contributed by atoms with Crippen LogP contribution in [0.1, 0.15) is 21.7 Å². The molecule has 0 fully saturated rings. The van der Waals surface area contributed by atoms with Crippen molar-refractivity contribution in [2.24, 2.45) is 0 Å². The summed E-state index contributed by atoms with van der Waals surface area (Å²) in [7, 11) is 0. The number of ether oxygens (including phenoxy) is 2. The molecule has 4 heteroatoms. The van der Waals surface area contributed by atoms with Crippen LogP contribution in [-0.4, -0.2) is 12.6 Å². The quantitative estimate of drug-likeness (QED) is 0.671. The molecule has 1 aromatic heterocycles. The van der Waals surface area contributed by atoms with Gasteiger partial charge in [-0.05, 0) is 36.8 Å². The van der Waals surface area contributed by atoms with Crippen molar-refractivity contribution in [3.63, 3.8) is 0 Å². The molecule has 104 valence electrons. The molecule has 1 aliphatic heterocycles. The Morgan fingerprint density at radius 1 is 1.05 bits per heavy atom. The number of fused-ring (bicyclic) bond motifs is 2. The lowest BCUT2D eigenvalue weighted by Gasteiger charge is -2.00. The van der Waals surface area contributed by atoms with E-state index >= 15 is 0 Å². The molecule has 2 heterocycles. The summed E-state index contributed by atoms with van der Waals surface area (Å²) in [5.74, 6) is 1.42. The lowest BCUT2D eigenvalue weighted by Crippen LogP contribution is -1.99. The van der Waals surface area contributed by atoms with Gasteiger partial charge in [-0.15, -0.1) is 0 Å². The monoisotopic (exact) mass is 280 g/mol. The molecule has 0 radical (unpaired) electrons. The fourth-order valence-electron chi connectivity index (χ4n) is 2.50. The average molecular weight is 280 g/mol. The number of rotatable bonds is 2. The third-order valence-electron chi connectivity index (χ3n) is 3.60. The number of furan rings is 1. The molecular formula is C17H12O4. The van der Waals surface area contributed by atoms with Crippen molar-refractivity contribution >= 4 is 16.8 Å². The van der Waals surface area contributed by atoms with Crippen LogP contribution in [0.25, 0.3) is 11.0 Å². The summed E-state index contributed by atoms with van der Waals surface area (Å²) in [6.45, 7) is 2.15. The van der Waals surface area contributed by atoms with Crippen molar-refractivity contribution < 1.29 is 18.7 Å². The lowest BCUT2D eigenvalue weighted by molar-refractivity contribution is 0.101. The fourth-order valence-corrected chi connectivity index (χ4v) is 2.50. The van der Waals surface area contributed by atoms with Gasteiger partial charge in [0.05, 0.1) is 0 Å². The molecule has 0 atom stereocenters. The minimum Gasteiger partial charge on any atom is -0.454 e. The van der Waals surface area contributed by atoms with Gasteiger partial charge in [-0.2, -0.15) is 0 Å². The first-order chi connectivity index (χ1) is 10.2. The second-order valence-electron chi connectivity index (χ2n) is 5.00. The molecule has 3 aromatic rings. The zero-order valence-electron chi connectivity index (χ0n) is 11.4. The molecule has 0 N–H and O–H groups in total. The number of benzene rings is 2. The zero-order valence-corrected chi connectivity index (χ0v) is 11.4. The molecule has 21 heavy (non-hydrogen) atoms. The van der Waals surface area contributed by atoms with Crippen LogP contribution < -0.4 is 9.47 Å². The van der Waals surface area contributed by atoms with Gasteiger partial charge in [0.1, 0.15) is 5.58 Å². The highest BCUT2D eigenvalue weighted by Crippen LogP contribution is 2.33. The summed E-state index contributed by atoms with van der Waals surface area (Å²) in [5.41, 5.74) is 2.29. The molecule has 0 unspecified atom stereocenters. The molecule has 0 saturated carbocycles. The largest absolute Gasteiger partial charge is 0.454 e. The highest BCUT2D eigenvalue weighted by atomic mass is 16.7. The number of hydrogen-bond acceptors (Lipinski definition) is 4. The van der Waals surface area contributed by atoms with Crippen LogP contribution in [-0.2, 0) is 0 Å². The van der Waals surface area contributed by atoms with Crippen LogP contribution in [0.4, 0.5) is 0 Å². The van der Waals surface area contributed by atoms with Crippen LogP contribution in [0.2, 0.25) is 0 Å². The van der Waals surface area contributed by atoms with E-state index in [-0.39, 0.29) is 12.6 Å². The van der Waals surface area contributed by atoms with Gasteiger partial charge in [-0.3, -0.25) is 4.79 Å². The summed E-state index contributed by atoms with van der Waals surface area (Å²) in [5, 5.41) is 0.930. The topological polar surface area (TPSA) is 48.7 Å². The molecule has 0 spiro atoms. The third-order valence-corrected chi connectivity index (χ3v) is 3.60. The average Bonchev–Trinajstić information content (AvgIpc) is 3.12. The Morgan fingerprint density at radius 2 is 1.90 bits per heavy atom. The van der Waals surface area contributed by atoms with Gasteiger partial charge in [0.15, 0.2) is 17.3 Å². The van der Waals surface area contributed by atoms with Crippen molar-refractivity contribution in [1.82, 2.24) is 0 Å². The van der Waals surface area contributed by atoms with Gasteiger partial charge < -0.3 is 13.9 Å². The Hall–Kier alpha value is -2.75. The summed E-state index contributed by atoms with van der Waals surface area (Å²) < 4.78 is 16.3. The first kappa shape index (κ1) is 12.0. The van der Waals surface area contributed by atoms with E-state index in [0.717, 1.165) is 16.5 Å². The Kier molecular flexibility index (Phi) is 2.51. The lowest BCUT2D eigenvalue weighted by atomic mass is 10.1. The van der Waals surface area contributed by atoms with Gasteiger partial charge in [0.25, 0.3) is 0 Å². The smallest absolute Gasteiger partial charge is 0.231 e. The Balaban J connectivity index is 1.77. The maximum atomic E-state index is 12.5. The van der Waals surface area contributed by atoms with Crippen molar-refractivity contribution in [2.75, 3.05) is 6.79 Å². The van der Waals surface area contributed by atoms with Gasteiger partial charge >= 0.3 is 0 Å². The molecule has 2 aromatic carbocycles. The summed E-state index contributed by atoms with van der Waals surface area (Å²) in [6, 6.07) is 12.8. The molecule has 0 saturated heterocycles. The van der Waals surface area contributed by atoms with Crippen LogP contribution in [0, 0.1) is 6.92 Å². The Bertz CT molecular complexity index is 860. The van der Waals surface area contributed by atoms with E-state index in [9.17, 15) is 4.79 Å². The molecule has 4 rings (SSSR count). The highest BCUT2D eigenvalue weighted by molar-refractivity contribution is 6.09. The zero-order chi connectivity index (χ0) is 14.4. The number of carbonyl (C=O) groups is 1. The maximum Gasteiger partial charge on any atom is 0.231 e.